The van der Waals surface area contributed by atoms with Crippen LogP contribution < -0.4 is 10.6 Å². The lowest BCUT2D eigenvalue weighted by Crippen LogP contribution is -2.61. The largest absolute Gasteiger partial charge is 0.469 e. The number of sulfonamides is 1. The van der Waals surface area contributed by atoms with Crippen molar-refractivity contribution in [1.29, 1.82) is 0 Å². The minimum atomic E-state index is -3.71. The maximum Gasteiger partial charge on any atom is 0.315 e. The predicted octanol–water partition coefficient (Wildman–Crippen LogP) is 3.54. The highest BCUT2D eigenvalue weighted by molar-refractivity contribution is 7.91. The van der Waals surface area contributed by atoms with Crippen molar-refractivity contribution in [2.24, 2.45) is 28.1 Å². The number of methoxy groups -OCH3 is 1. The lowest BCUT2D eigenvalue weighted by Gasteiger charge is -2.39. The van der Waals surface area contributed by atoms with Gasteiger partial charge in [0.05, 0.1) is 13.5 Å². The topological polar surface area (TPSA) is 125 Å². The molecule has 1 aliphatic heterocycles. The Kier molecular flexibility index (Phi) is 9.09. The molecule has 2 aliphatic rings. The predicted molar refractivity (Wildman–Crippen MR) is 155 cm³/mol. The second-order valence-corrected chi connectivity index (χ2v) is 17.1. The van der Waals surface area contributed by atoms with Gasteiger partial charge in [-0.3, -0.25) is 9.59 Å². The smallest absolute Gasteiger partial charge is 0.315 e. The third kappa shape index (κ3) is 6.65. The quantitative estimate of drug-likeness (QED) is 0.419. The first kappa shape index (κ1) is 32.3. The van der Waals surface area contributed by atoms with E-state index in [0.29, 0.717) is 12.5 Å². The van der Waals surface area contributed by atoms with Crippen molar-refractivity contribution in [3.05, 3.63) is 17.5 Å². The van der Waals surface area contributed by atoms with Crippen LogP contribution in [0.4, 0.5) is 4.79 Å². The molecule has 12 heteroatoms. The number of nitrogens with zero attached hydrogens (tertiary/aromatic N) is 2. The zero-order chi connectivity index (χ0) is 30.4. The molecule has 1 aromatic rings. The average molecular weight is 599 g/mol. The molecule has 1 aliphatic carbocycles. The number of thiophene rings is 1. The minimum Gasteiger partial charge on any atom is -0.469 e. The Morgan fingerprint density at radius 1 is 1.15 bits per heavy atom. The Morgan fingerprint density at radius 3 is 2.27 bits per heavy atom. The van der Waals surface area contributed by atoms with Gasteiger partial charge in [0.25, 0.3) is 10.0 Å². The number of amides is 3. The normalized spacial score (nSPS) is 23.8. The number of urea groups is 1. The van der Waals surface area contributed by atoms with Gasteiger partial charge in [0.1, 0.15) is 10.3 Å². The number of rotatable bonds is 9. The van der Waals surface area contributed by atoms with Gasteiger partial charge in [-0.15, -0.1) is 11.3 Å². The number of hydrogen-bond acceptors (Lipinski definition) is 7. The number of hydrogen-bond donors (Lipinski definition) is 2. The summed E-state index contributed by atoms with van der Waals surface area (Å²) in [6, 6.07) is 0.996. The second-order valence-electron chi connectivity index (χ2n) is 13.8. The number of esters is 1. The van der Waals surface area contributed by atoms with Crippen LogP contribution in [0.5, 0.6) is 0 Å². The van der Waals surface area contributed by atoms with E-state index in [9.17, 15) is 22.8 Å². The van der Waals surface area contributed by atoms with Crippen LogP contribution in [-0.4, -0.2) is 80.9 Å². The fraction of sp³-hybridized carbons (Fsp3) is 0.750. The molecule has 0 unspecified atom stereocenters. The Bertz CT molecular complexity index is 1200. The van der Waals surface area contributed by atoms with E-state index in [1.54, 1.807) is 22.4 Å². The van der Waals surface area contributed by atoms with Crippen LogP contribution in [0, 0.1) is 28.1 Å². The van der Waals surface area contributed by atoms with Crippen LogP contribution in [0.15, 0.2) is 21.7 Å². The highest BCUT2D eigenvalue weighted by atomic mass is 32.2. The summed E-state index contributed by atoms with van der Waals surface area (Å²) in [5.74, 6) is -0.0918. The number of ether oxygens (including phenoxy) is 1. The molecule has 0 spiro atoms. The molecular weight excluding hydrogens is 552 g/mol. The molecule has 0 radical (unpaired) electrons. The van der Waals surface area contributed by atoms with Crippen molar-refractivity contribution in [3.8, 4) is 0 Å². The van der Waals surface area contributed by atoms with Crippen LogP contribution in [0.25, 0.3) is 0 Å². The van der Waals surface area contributed by atoms with Gasteiger partial charge in [-0.2, -0.15) is 4.31 Å². The summed E-state index contributed by atoms with van der Waals surface area (Å²) >= 11 is 1.14. The SMILES string of the molecule is COC(=O)C[C@@H]1[C@@H]2[C@H](CN1C(=O)[C@@H](NC(=O)N[C@H](CN(C)S(=O)(=O)c1cccs1)C(C)(C)C)C(C)(C)C)C2(C)C. The van der Waals surface area contributed by atoms with E-state index in [2.05, 4.69) is 24.5 Å². The molecule has 10 nitrogen and oxygen atoms in total. The lowest BCUT2D eigenvalue weighted by molar-refractivity contribution is -0.145. The summed E-state index contributed by atoms with van der Waals surface area (Å²) in [5, 5.41) is 7.54. The molecule has 2 fully saturated rings. The second kappa shape index (κ2) is 11.2. The molecule has 1 aromatic heterocycles. The molecule has 1 saturated heterocycles. The van der Waals surface area contributed by atoms with E-state index in [1.165, 1.54) is 18.5 Å². The Balaban J connectivity index is 1.77. The zero-order valence-corrected chi connectivity index (χ0v) is 27.0. The van der Waals surface area contributed by atoms with Crippen molar-refractivity contribution in [2.75, 3.05) is 27.2 Å². The fourth-order valence-corrected chi connectivity index (χ4v) is 8.17. The standard InChI is InChI=1S/C28H46N4O6S2/c1-26(2,3)19(16-31(9)40(36,37)21-12-11-13-39-21)29-25(35)30-23(27(4,5)6)24(34)32-15-17-22(28(17,7)8)18(32)14-20(33)38-10/h11-13,17-19,22-23H,14-16H2,1-10H3,(H2,29,30,35)/t17-,18+,19+,22-,23+/m0/s1. The molecule has 226 valence electrons. The van der Waals surface area contributed by atoms with Crippen molar-refractivity contribution in [1.82, 2.24) is 19.8 Å². The summed E-state index contributed by atoms with van der Waals surface area (Å²) in [7, 11) is -0.864. The van der Waals surface area contributed by atoms with Crippen LogP contribution in [0.1, 0.15) is 61.8 Å². The summed E-state index contributed by atoms with van der Waals surface area (Å²) in [6.07, 6.45) is 0.118. The molecule has 0 aromatic carbocycles. The van der Waals surface area contributed by atoms with E-state index in [-0.39, 0.29) is 46.4 Å². The number of likely N-dealkylation sites (tertiary alicyclic amines) is 1. The van der Waals surface area contributed by atoms with Gasteiger partial charge in [0.2, 0.25) is 5.91 Å². The highest BCUT2D eigenvalue weighted by Crippen LogP contribution is 2.65. The van der Waals surface area contributed by atoms with Gasteiger partial charge in [0.15, 0.2) is 0 Å². The maximum atomic E-state index is 14.0. The number of nitrogens with one attached hydrogen (secondary N) is 2. The average Bonchev–Trinajstić information content (AvgIpc) is 3.26. The molecular formula is C28H46N4O6S2. The van der Waals surface area contributed by atoms with E-state index in [1.807, 2.05) is 41.5 Å². The van der Waals surface area contributed by atoms with Crippen molar-refractivity contribution in [3.63, 3.8) is 0 Å². The van der Waals surface area contributed by atoms with Gasteiger partial charge in [-0.1, -0.05) is 61.5 Å². The molecule has 40 heavy (non-hydrogen) atoms. The highest BCUT2D eigenvalue weighted by Gasteiger charge is 2.68. The fourth-order valence-electron chi connectivity index (χ4n) is 5.79. The first-order valence-electron chi connectivity index (χ1n) is 13.7. The van der Waals surface area contributed by atoms with Gasteiger partial charge in [-0.25, -0.2) is 13.2 Å². The molecule has 0 bridgehead atoms. The van der Waals surface area contributed by atoms with Crippen LogP contribution >= 0.6 is 11.3 Å². The summed E-state index contributed by atoms with van der Waals surface area (Å²) in [4.78, 5) is 41.3. The first-order chi connectivity index (χ1) is 18.2. The van der Waals surface area contributed by atoms with Crippen molar-refractivity contribution >= 4 is 39.3 Å². The van der Waals surface area contributed by atoms with Crippen molar-refractivity contribution in [2.45, 2.75) is 84.1 Å². The monoisotopic (exact) mass is 598 g/mol. The van der Waals surface area contributed by atoms with Gasteiger partial charge >= 0.3 is 12.0 Å². The van der Waals surface area contributed by atoms with E-state index < -0.39 is 39.0 Å². The Morgan fingerprint density at radius 2 is 1.77 bits per heavy atom. The molecule has 3 rings (SSSR count). The summed E-state index contributed by atoms with van der Waals surface area (Å²) in [6.45, 7) is 16.3. The third-order valence-corrected chi connectivity index (χ3v) is 11.8. The minimum absolute atomic E-state index is 0.0485. The molecule has 3 amide bonds. The number of carbonyl (C=O) groups excluding carboxylic acids is 3. The molecule has 5 atom stereocenters. The Labute approximate surface area is 243 Å². The number of fused-ring (bicyclic) bond motifs is 1. The van der Waals surface area contributed by atoms with Gasteiger partial charge in [-0.05, 0) is 39.5 Å². The third-order valence-electron chi connectivity index (χ3n) is 8.57. The zero-order valence-electron chi connectivity index (χ0n) is 25.4. The van der Waals surface area contributed by atoms with Gasteiger partial charge in [0, 0.05) is 32.2 Å². The van der Waals surface area contributed by atoms with Crippen LogP contribution in [0.2, 0.25) is 0 Å². The van der Waals surface area contributed by atoms with Crippen molar-refractivity contribution < 1.29 is 27.5 Å². The number of carbonyl (C=O) groups is 3. The molecule has 1 saturated carbocycles. The lowest BCUT2D eigenvalue weighted by atomic mass is 9.85. The number of piperidine rings is 1. The first-order valence-corrected chi connectivity index (χ1v) is 16.0. The van der Waals surface area contributed by atoms with Gasteiger partial charge < -0.3 is 20.3 Å². The summed E-state index contributed by atoms with van der Waals surface area (Å²) in [5.41, 5.74) is -1.05. The molecule has 2 heterocycles. The van der Waals surface area contributed by atoms with E-state index in [4.69, 9.17) is 4.74 Å². The maximum absolute atomic E-state index is 14.0. The summed E-state index contributed by atoms with van der Waals surface area (Å²) < 4.78 is 32.4. The van der Waals surface area contributed by atoms with Crippen LogP contribution in [0.3, 0.4) is 0 Å². The molecule has 2 N–H and O–H groups in total. The van der Waals surface area contributed by atoms with E-state index >= 15 is 0 Å². The Hall–Kier alpha value is -2.18. The van der Waals surface area contributed by atoms with Crippen LogP contribution in [-0.2, 0) is 24.3 Å². The van der Waals surface area contributed by atoms with E-state index in [0.717, 1.165) is 11.3 Å². The number of likely N-dealkylation sites (N-methyl/N-ethyl adjacent to an activating group) is 1.